The number of nitrogens with one attached hydrogen (secondary N) is 1. The van der Waals surface area contributed by atoms with Crippen molar-refractivity contribution in [3.05, 3.63) is 24.3 Å². The average molecular weight is 368 g/mol. The zero-order valence-corrected chi connectivity index (χ0v) is 15.8. The number of nitrogens with zero attached hydrogens (tertiary/aromatic N) is 1. The summed E-state index contributed by atoms with van der Waals surface area (Å²) >= 11 is 0. The van der Waals surface area contributed by atoms with Gasteiger partial charge in [-0.05, 0) is 31.9 Å². The van der Waals surface area contributed by atoms with Crippen LogP contribution in [0.5, 0.6) is 5.75 Å². The van der Waals surface area contributed by atoms with Crippen molar-refractivity contribution in [2.45, 2.75) is 51.5 Å². The molecule has 0 spiro atoms. The average Bonchev–Trinajstić information content (AvgIpc) is 2.56. The number of amides is 1. The van der Waals surface area contributed by atoms with Gasteiger partial charge < -0.3 is 10.1 Å². The highest BCUT2D eigenvalue weighted by atomic mass is 32.2. The Morgan fingerprint density at radius 2 is 1.92 bits per heavy atom. The minimum absolute atomic E-state index is 0.0987. The van der Waals surface area contributed by atoms with Crippen LogP contribution in [0.3, 0.4) is 0 Å². The summed E-state index contributed by atoms with van der Waals surface area (Å²) in [7, 11) is -3.51. The summed E-state index contributed by atoms with van der Waals surface area (Å²) in [5.41, 5.74) is 0.470. The molecule has 1 aromatic rings. The molecule has 6 nitrogen and oxygen atoms in total. The smallest absolute Gasteiger partial charge is 0.232 e. The number of hydrogen-bond acceptors (Lipinski definition) is 4. The molecule has 0 unspecified atom stereocenters. The van der Waals surface area contributed by atoms with Gasteiger partial charge in [-0.25, -0.2) is 8.42 Å². The first-order valence-corrected chi connectivity index (χ1v) is 10.8. The molecule has 1 saturated carbocycles. The van der Waals surface area contributed by atoms with Crippen molar-refractivity contribution in [1.82, 2.24) is 5.32 Å². The summed E-state index contributed by atoms with van der Waals surface area (Å²) in [5.74, 6) is 0.401. The van der Waals surface area contributed by atoms with Crippen LogP contribution < -0.4 is 14.4 Å². The summed E-state index contributed by atoms with van der Waals surface area (Å²) in [4.78, 5) is 12.2. The molecule has 1 aliphatic carbocycles. The van der Waals surface area contributed by atoms with E-state index in [1.165, 1.54) is 10.7 Å². The van der Waals surface area contributed by atoms with Gasteiger partial charge in [0, 0.05) is 19.0 Å². The second kappa shape index (κ2) is 9.08. The van der Waals surface area contributed by atoms with Gasteiger partial charge in [0.25, 0.3) is 0 Å². The number of carbonyl (C=O) groups is 1. The van der Waals surface area contributed by atoms with Crippen molar-refractivity contribution in [2.24, 2.45) is 0 Å². The third-order valence-electron chi connectivity index (χ3n) is 4.35. The topological polar surface area (TPSA) is 75.7 Å². The number of benzene rings is 1. The van der Waals surface area contributed by atoms with Crippen molar-refractivity contribution < 1.29 is 17.9 Å². The predicted octanol–water partition coefficient (Wildman–Crippen LogP) is 2.69. The normalized spacial score (nSPS) is 15.6. The molecule has 1 fully saturated rings. The highest BCUT2D eigenvalue weighted by Gasteiger charge is 2.23. The largest absolute Gasteiger partial charge is 0.492 e. The lowest BCUT2D eigenvalue weighted by atomic mass is 9.95. The molecule has 0 aromatic heterocycles. The summed E-state index contributed by atoms with van der Waals surface area (Å²) in [6.07, 6.45) is 6.80. The van der Waals surface area contributed by atoms with E-state index in [0.717, 1.165) is 31.9 Å². The number of rotatable bonds is 8. The number of hydrogen-bond donors (Lipinski definition) is 1. The fourth-order valence-electron chi connectivity index (χ4n) is 3.16. The van der Waals surface area contributed by atoms with Crippen LogP contribution in [-0.4, -0.2) is 39.8 Å². The van der Waals surface area contributed by atoms with Gasteiger partial charge in [0.05, 0.1) is 18.6 Å². The van der Waals surface area contributed by atoms with E-state index >= 15 is 0 Å². The molecule has 1 aliphatic rings. The van der Waals surface area contributed by atoms with Crippen LogP contribution in [0.25, 0.3) is 0 Å². The molecular weight excluding hydrogens is 340 g/mol. The summed E-state index contributed by atoms with van der Waals surface area (Å²) in [5, 5.41) is 3.03. The highest BCUT2D eigenvalue weighted by molar-refractivity contribution is 7.92. The third kappa shape index (κ3) is 5.92. The van der Waals surface area contributed by atoms with Crippen LogP contribution in [0.4, 0.5) is 5.69 Å². The van der Waals surface area contributed by atoms with E-state index in [2.05, 4.69) is 5.32 Å². The maximum atomic E-state index is 12.2. The predicted molar refractivity (Wildman–Crippen MR) is 99.4 cm³/mol. The van der Waals surface area contributed by atoms with Crippen LogP contribution >= 0.6 is 0 Å². The van der Waals surface area contributed by atoms with Crippen molar-refractivity contribution >= 4 is 21.6 Å². The number of anilines is 1. The Kier molecular flexibility index (Phi) is 7.11. The van der Waals surface area contributed by atoms with Crippen molar-refractivity contribution in [1.29, 1.82) is 0 Å². The second-order valence-corrected chi connectivity index (χ2v) is 8.30. The Bertz CT molecular complexity index is 669. The number of sulfonamides is 1. The van der Waals surface area contributed by atoms with Crippen molar-refractivity contribution in [3.8, 4) is 5.75 Å². The minimum atomic E-state index is -3.51. The Hall–Kier alpha value is -1.76. The molecule has 7 heteroatoms. The van der Waals surface area contributed by atoms with E-state index in [1.807, 2.05) is 6.92 Å². The lowest BCUT2D eigenvalue weighted by molar-refractivity contribution is -0.121. The standard InChI is InChI=1S/C18H28N2O4S/c1-3-24-17-12-8-7-11-16(17)20(25(2,22)23)14-13-18(21)19-15-9-5-4-6-10-15/h7-8,11-12,15H,3-6,9-10,13-14H2,1-2H3,(H,19,21). The van der Waals surface area contributed by atoms with Gasteiger partial charge in [0.15, 0.2) is 0 Å². The maximum absolute atomic E-state index is 12.2. The first kappa shape index (κ1) is 19.6. The number of ether oxygens (including phenoxy) is 1. The van der Waals surface area contributed by atoms with Crippen molar-refractivity contribution in [2.75, 3.05) is 23.7 Å². The molecule has 0 aliphatic heterocycles. The number of para-hydroxylation sites is 2. The van der Waals surface area contributed by atoms with E-state index in [9.17, 15) is 13.2 Å². The minimum Gasteiger partial charge on any atom is -0.492 e. The molecular formula is C18H28N2O4S. The van der Waals surface area contributed by atoms with Crippen LogP contribution in [-0.2, 0) is 14.8 Å². The van der Waals surface area contributed by atoms with Gasteiger partial charge >= 0.3 is 0 Å². The van der Waals surface area contributed by atoms with Gasteiger partial charge in [0.1, 0.15) is 5.75 Å². The second-order valence-electron chi connectivity index (χ2n) is 6.39. The molecule has 0 atom stereocenters. The third-order valence-corrected chi connectivity index (χ3v) is 5.53. The molecule has 0 heterocycles. The number of carbonyl (C=O) groups excluding carboxylic acids is 1. The lowest BCUT2D eigenvalue weighted by Gasteiger charge is -2.26. The summed E-state index contributed by atoms with van der Waals surface area (Å²) in [6.45, 7) is 2.39. The Labute approximate surface area is 150 Å². The Morgan fingerprint density at radius 3 is 2.56 bits per heavy atom. The fraction of sp³-hybridized carbons (Fsp3) is 0.611. The quantitative estimate of drug-likeness (QED) is 0.765. The zero-order chi connectivity index (χ0) is 18.3. The van der Waals surface area contributed by atoms with Gasteiger partial charge in [-0.15, -0.1) is 0 Å². The lowest BCUT2D eigenvalue weighted by Crippen LogP contribution is -2.39. The molecule has 1 N–H and O–H groups in total. The van der Waals surface area contributed by atoms with E-state index in [4.69, 9.17) is 4.74 Å². The molecule has 140 valence electrons. The van der Waals surface area contributed by atoms with Crippen molar-refractivity contribution in [3.63, 3.8) is 0 Å². The fourth-order valence-corrected chi connectivity index (χ4v) is 4.09. The first-order valence-electron chi connectivity index (χ1n) is 8.90. The summed E-state index contributed by atoms with van der Waals surface area (Å²) < 4.78 is 31.2. The zero-order valence-electron chi connectivity index (χ0n) is 15.0. The molecule has 2 rings (SSSR count). The monoisotopic (exact) mass is 368 g/mol. The van der Waals surface area contributed by atoms with Crippen LogP contribution in [0.15, 0.2) is 24.3 Å². The van der Waals surface area contributed by atoms with Gasteiger partial charge in [-0.1, -0.05) is 31.4 Å². The molecule has 1 amide bonds. The SMILES string of the molecule is CCOc1ccccc1N(CCC(=O)NC1CCCCC1)S(C)(=O)=O. The van der Waals surface area contributed by atoms with Crippen LogP contribution in [0.1, 0.15) is 45.4 Å². The van der Waals surface area contributed by atoms with Gasteiger partial charge in [0.2, 0.25) is 15.9 Å². The van der Waals surface area contributed by atoms with E-state index in [-0.39, 0.29) is 24.9 Å². The van der Waals surface area contributed by atoms with Crippen LogP contribution in [0, 0.1) is 0 Å². The van der Waals surface area contributed by atoms with Gasteiger partial charge in [-0.2, -0.15) is 0 Å². The van der Waals surface area contributed by atoms with E-state index in [0.29, 0.717) is 18.0 Å². The van der Waals surface area contributed by atoms with Gasteiger partial charge in [-0.3, -0.25) is 9.10 Å². The maximum Gasteiger partial charge on any atom is 0.232 e. The van der Waals surface area contributed by atoms with E-state index in [1.54, 1.807) is 24.3 Å². The molecule has 0 saturated heterocycles. The molecule has 25 heavy (non-hydrogen) atoms. The summed E-state index contributed by atoms with van der Waals surface area (Å²) in [6, 6.07) is 7.22. The molecule has 0 radical (unpaired) electrons. The first-order chi connectivity index (χ1) is 11.9. The van der Waals surface area contributed by atoms with E-state index < -0.39 is 10.0 Å². The Balaban J connectivity index is 2.05. The Morgan fingerprint density at radius 1 is 1.24 bits per heavy atom. The molecule has 0 bridgehead atoms. The highest BCUT2D eigenvalue weighted by Crippen LogP contribution is 2.30. The molecule has 1 aromatic carbocycles. The van der Waals surface area contributed by atoms with Crippen LogP contribution in [0.2, 0.25) is 0 Å².